The third kappa shape index (κ3) is 5.07. The van der Waals surface area contributed by atoms with Gasteiger partial charge in [0.15, 0.2) is 5.01 Å². The van der Waals surface area contributed by atoms with Gasteiger partial charge in [0, 0.05) is 5.69 Å². The molecule has 2 amide bonds. The van der Waals surface area contributed by atoms with E-state index in [1.807, 2.05) is 25.1 Å². The predicted molar refractivity (Wildman–Crippen MR) is 110 cm³/mol. The molecule has 2 heterocycles. The molecule has 3 N–H and O–H groups in total. The largest absolute Gasteiger partial charge is 0.492 e. The van der Waals surface area contributed by atoms with E-state index in [1.165, 1.54) is 16.9 Å². The van der Waals surface area contributed by atoms with Crippen molar-refractivity contribution in [3.05, 3.63) is 41.7 Å². The van der Waals surface area contributed by atoms with Crippen molar-refractivity contribution in [3.63, 3.8) is 0 Å². The van der Waals surface area contributed by atoms with Crippen LogP contribution in [0, 0.1) is 6.92 Å². The minimum Gasteiger partial charge on any atom is -0.492 e. The zero-order valence-corrected chi connectivity index (χ0v) is 17.2. The summed E-state index contributed by atoms with van der Waals surface area (Å²) in [6, 6.07) is 7.65. The second kappa shape index (κ2) is 8.39. The Hall–Kier alpha value is -2.94. The van der Waals surface area contributed by atoms with Crippen molar-refractivity contribution < 1.29 is 9.53 Å². The van der Waals surface area contributed by atoms with Crippen LogP contribution in [0.15, 0.2) is 30.5 Å². The molecule has 0 fully saturated rings. The van der Waals surface area contributed by atoms with Crippen molar-refractivity contribution in [2.45, 2.75) is 33.1 Å². The molecule has 1 aromatic carbocycles. The summed E-state index contributed by atoms with van der Waals surface area (Å²) in [4.78, 5) is 12.0. The van der Waals surface area contributed by atoms with Crippen LogP contribution in [0.2, 0.25) is 0 Å². The molecule has 0 aliphatic carbocycles. The summed E-state index contributed by atoms with van der Waals surface area (Å²) in [5, 5.41) is 21.4. The van der Waals surface area contributed by atoms with Gasteiger partial charge >= 0.3 is 6.03 Å². The zero-order chi connectivity index (χ0) is 20.1. The van der Waals surface area contributed by atoms with Crippen LogP contribution in [0.25, 0.3) is 10.6 Å². The first kappa shape index (κ1) is 19.8. The van der Waals surface area contributed by atoms with Gasteiger partial charge < -0.3 is 10.1 Å². The van der Waals surface area contributed by atoms with Crippen LogP contribution in [-0.2, 0) is 5.41 Å². The number of ether oxygens (including phenoxy) is 1. The summed E-state index contributed by atoms with van der Waals surface area (Å²) in [5.74, 6) is 0.791. The van der Waals surface area contributed by atoms with E-state index >= 15 is 0 Å². The lowest BCUT2D eigenvalue weighted by Gasteiger charge is -2.19. The quantitative estimate of drug-likeness (QED) is 0.547. The van der Waals surface area contributed by atoms with E-state index in [9.17, 15) is 4.79 Å². The number of benzene rings is 1. The Kier molecular flexibility index (Phi) is 5.93. The van der Waals surface area contributed by atoms with Crippen molar-refractivity contribution >= 4 is 22.5 Å². The first-order valence-corrected chi connectivity index (χ1v) is 9.76. The summed E-state index contributed by atoms with van der Waals surface area (Å²) in [6.45, 7) is 9.12. The highest BCUT2D eigenvalue weighted by molar-refractivity contribution is 7.18. The van der Waals surface area contributed by atoms with E-state index in [0.717, 1.165) is 17.0 Å². The summed E-state index contributed by atoms with van der Waals surface area (Å²) >= 11 is 1.29. The number of hydrogen-bond acceptors (Lipinski definition) is 6. The Morgan fingerprint density at radius 3 is 2.82 bits per heavy atom. The maximum absolute atomic E-state index is 12.0. The topological polar surface area (TPSA) is 105 Å². The number of aromatic amines is 1. The average Bonchev–Trinajstić information content (AvgIpc) is 3.27. The average molecular weight is 401 g/mol. The molecule has 28 heavy (non-hydrogen) atoms. The molecule has 0 saturated heterocycles. The van der Waals surface area contributed by atoms with E-state index in [4.69, 9.17) is 4.74 Å². The molecule has 0 aliphatic heterocycles. The monoisotopic (exact) mass is 400 g/mol. The Bertz CT molecular complexity index is 944. The number of anilines is 1. The lowest BCUT2D eigenvalue weighted by Crippen LogP contribution is -2.32. The van der Waals surface area contributed by atoms with Gasteiger partial charge in [-0.1, -0.05) is 44.2 Å². The van der Waals surface area contributed by atoms with Crippen molar-refractivity contribution in [1.29, 1.82) is 0 Å². The van der Waals surface area contributed by atoms with E-state index in [2.05, 4.69) is 57.9 Å². The molecular formula is C19H24N6O2S. The lowest BCUT2D eigenvalue weighted by atomic mass is 9.87. The van der Waals surface area contributed by atoms with E-state index in [1.54, 1.807) is 6.20 Å². The van der Waals surface area contributed by atoms with Crippen LogP contribution in [0.5, 0.6) is 5.75 Å². The van der Waals surface area contributed by atoms with Gasteiger partial charge in [-0.25, -0.2) is 4.79 Å². The molecule has 8 nitrogen and oxygen atoms in total. The van der Waals surface area contributed by atoms with Crippen molar-refractivity contribution in [3.8, 4) is 16.3 Å². The molecular weight excluding hydrogens is 376 g/mol. The fourth-order valence-corrected chi connectivity index (χ4v) is 3.28. The van der Waals surface area contributed by atoms with Gasteiger partial charge in [-0.3, -0.25) is 10.4 Å². The number of amides is 2. The molecule has 148 valence electrons. The van der Waals surface area contributed by atoms with Crippen LogP contribution in [0.3, 0.4) is 0 Å². The van der Waals surface area contributed by atoms with E-state index in [0.29, 0.717) is 23.3 Å². The second-order valence-corrected chi connectivity index (χ2v) is 8.31. The van der Waals surface area contributed by atoms with Crippen molar-refractivity contribution in [2.75, 3.05) is 18.5 Å². The van der Waals surface area contributed by atoms with Crippen LogP contribution in [-0.4, -0.2) is 39.6 Å². The number of nitrogens with one attached hydrogen (secondary N) is 3. The number of rotatable bonds is 6. The van der Waals surface area contributed by atoms with Gasteiger partial charge in [-0.15, -0.1) is 10.2 Å². The van der Waals surface area contributed by atoms with Gasteiger partial charge in [-0.2, -0.15) is 5.10 Å². The SMILES string of the molecule is Cc1[nH]ncc1-c1nnc(NC(=O)NCCOc2cccc(C(C)(C)C)c2)s1. The minimum absolute atomic E-state index is 0.0626. The number of urea groups is 1. The number of nitrogens with zero attached hydrogens (tertiary/aromatic N) is 3. The summed E-state index contributed by atoms with van der Waals surface area (Å²) < 4.78 is 5.73. The molecule has 3 rings (SSSR count). The maximum Gasteiger partial charge on any atom is 0.321 e. The van der Waals surface area contributed by atoms with Crippen molar-refractivity contribution in [1.82, 2.24) is 25.7 Å². The van der Waals surface area contributed by atoms with Gasteiger partial charge in [0.2, 0.25) is 5.13 Å². The van der Waals surface area contributed by atoms with Crippen molar-refractivity contribution in [2.24, 2.45) is 0 Å². The Morgan fingerprint density at radius 2 is 2.11 bits per heavy atom. The van der Waals surface area contributed by atoms with Gasteiger partial charge in [0.25, 0.3) is 0 Å². The lowest BCUT2D eigenvalue weighted by molar-refractivity contribution is 0.247. The molecule has 3 aromatic rings. The summed E-state index contributed by atoms with van der Waals surface area (Å²) in [5.41, 5.74) is 3.04. The van der Waals surface area contributed by atoms with Crippen LogP contribution in [0.1, 0.15) is 32.0 Å². The number of aryl methyl sites for hydroxylation is 1. The smallest absolute Gasteiger partial charge is 0.321 e. The van der Waals surface area contributed by atoms with E-state index < -0.39 is 0 Å². The molecule has 9 heteroatoms. The highest BCUT2D eigenvalue weighted by Crippen LogP contribution is 2.27. The van der Waals surface area contributed by atoms with E-state index in [-0.39, 0.29) is 11.4 Å². The highest BCUT2D eigenvalue weighted by Gasteiger charge is 2.14. The number of H-pyrrole nitrogens is 1. The number of hydrogen-bond donors (Lipinski definition) is 3. The Morgan fingerprint density at radius 1 is 1.29 bits per heavy atom. The first-order chi connectivity index (χ1) is 13.3. The van der Waals surface area contributed by atoms with Crippen LogP contribution >= 0.6 is 11.3 Å². The predicted octanol–water partition coefficient (Wildman–Crippen LogP) is 3.73. The molecule has 0 atom stereocenters. The molecule has 0 unspecified atom stereocenters. The summed E-state index contributed by atoms with van der Waals surface area (Å²) in [6.07, 6.45) is 1.69. The maximum atomic E-state index is 12.0. The van der Waals surface area contributed by atoms with Gasteiger partial charge in [0.1, 0.15) is 12.4 Å². The van der Waals surface area contributed by atoms with Gasteiger partial charge in [0.05, 0.1) is 18.3 Å². The summed E-state index contributed by atoms with van der Waals surface area (Å²) in [7, 11) is 0. The fourth-order valence-electron chi connectivity index (χ4n) is 2.48. The molecule has 2 aromatic heterocycles. The highest BCUT2D eigenvalue weighted by atomic mass is 32.1. The molecule has 0 saturated carbocycles. The third-order valence-electron chi connectivity index (χ3n) is 4.06. The van der Waals surface area contributed by atoms with Crippen LogP contribution < -0.4 is 15.4 Å². The zero-order valence-electron chi connectivity index (χ0n) is 16.4. The Labute approximate surface area is 167 Å². The van der Waals surface area contributed by atoms with Crippen LogP contribution in [0.4, 0.5) is 9.93 Å². The first-order valence-electron chi connectivity index (χ1n) is 8.95. The number of carbonyl (C=O) groups excluding carboxylic acids is 1. The molecule has 0 radical (unpaired) electrons. The normalized spacial score (nSPS) is 11.3. The van der Waals surface area contributed by atoms with Gasteiger partial charge in [-0.05, 0) is 30.0 Å². The third-order valence-corrected chi connectivity index (χ3v) is 4.93. The standard InChI is InChI=1S/C19H24N6O2S/c1-12-15(11-21-23-12)16-24-25-18(28-16)22-17(26)20-8-9-27-14-7-5-6-13(10-14)19(2,3)4/h5-7,10-11H,8-9H2,1-4H3,(H,21,23)(H2,20,22,25,26). The molecule has 0 aliphatic rings. The number of aromatic nitrogens is 4. The minimum atomic E-state index is -0.348. The Balaban J connectivity index is 1.44. The number of carbonyl (C=O) groups is 1. The second-order valence-electron chi connectivity index (χ2n) is 7.33. The molecule has 0 bridgehead atoms. The fraction of sp³-hybridized carbons (Fsp3) is 0.368. The molecule has 0 spiro atoms.